The van der Waals surface area contributed by atoms with E-state index in [2.05, 4.69) is 10.00 Å². The highest BCUT2D eigenvalue weighted by Crippen LogP contribution is 2.30. The topological polar surface area (TPSA) is 54.5 Å². The van der Waals surface area contributed by atoms with Crippen molar-refractivity contribution in [1.29, 1.82) is 0 Å². The number of aromatic nitrogens is 2. The number of halogens is 1. The zero-order valence-electron chi connectivity index (χ0n) is 16.1. The molecule has 0 spiro atoms. The van der Waals surface area contributed by atoms with Crippen LogP contribution in [-0.4, -0.2) is 58.2 Å². The second-order valence-corrected chi connectivity index (χ2v) is 8.18. The van der Waals surface area contributed by atoms with Gasteiger partial charge in [-0.1, -0.05) is 11.6 Å². The van der Waals surface area contributed by atoms with Gasteiger partial charge in [-0.3, -0.25) is 9.48 Å². The Labute approximate surface area is 165 Å². The van der Waals surface area contributed by atoms with Gasteiger partial charge in [-0.05, 0) is 57.7 Å². The first-order chi connectivity index (χ1) is 13.0. The number of furan rings is 1. The molecule has 2 aromatic rings. The van der Waals surface area contributed by atoms with Crippen LogP contribution >= 0.6 is 11.6 Å². The van der Waals surface area contributed by atoms with Gasteiger partial charge in [0.15, 0.2) is 5.76 Å². The van der Waals surface area contributed by atoms with Gasteiger partial charge in [-0.25, -0.2) is 0 Å². The maximum absolute atomic E-state index is 12.9. The molecule has 0 atom stereocenters. The zero-order valence-corrected chi connectivity index (χ0v) is 16.8. The molecule has 1 saturated carbocycles. The molecule has 2 aromatic heterocycles. The first-order valence-corrected chi connectivity index (χ1v) is 10.2. The summed E-state index contributed by atoms with van der Waals surface area (Å²) in [7, 11) is 0. The molecule has 1 saturated heterocycles. The van der Waals surface area contributed by atoms with Crippen LogP contribution in [0.25, 0.3) is 0 Å². The highest BCUT2D eigenvalue weighted by atomic mass is 35.5. The molecular formula is C20H27ClN4O2. The predicted molar refractivity (Wildman–Crippen MR) is 104 cm³/mol. The average molecular weight is 391 g/mol. The molecule has 2 fully saturated rings. The van der Waals surface area contributed by atoms with Crippen molar-refractivity contribution in [3.63, 3.8) is 0 Å². The molecule has 6 nitrogen and oxygen atoms in total. The van der Waals surface area contributed by atoms with E-state index in [1.54, 1.807) is 6.07 Å². The van der Waals surface area contributed by atoms with E-state index in [9.17, 15) is 4.79 Å². The molecule has 0 radical (unpaired) electrons. The van der Waals surface area contributed by atoms with Gasteiger partial charge < -0.3 is 14.2 Å². The third-order valence-electron chi connectivity index (χ3n) is 5.56. The summed E-state index contributed by atoms with van der Waals surface area (Å²) in [5.74, 6) is 2.00. The van der Waals surface area contributed by atoms with Crippen LogP contribution in [0.5, 0.6) is 0 Å². The fourth-order valence-electron chi connectivity index (χ4n) is 3.73. The summed E-state index contributed by atoms with van der Waals surface area (Å²) < 4.78 is 7.65. The number of hydrogen-bond donors (Lipinski definition) is 0. The highest BCUT2D eigenvalue weighted by Gasteiger charge is 2.27. The smallest absolute Gasteiger partial charge is 0.289 e. The minimum Gasteiger partial charge on any atom is -0.454 e. The van der Waals surface area contributed by atoms with Crippen molar-refractivity contribution in [3.8, 4) is 0 Å². The highest BCUT2D eigenvalue weighted by molar-refractivity contribution is 6.31. The molecule has 3 heterocycles. The summed E-state index contributed by atoms with van der Waals surface area (Å²) in [6, 6.07) is 3.63. The number of hydrogen-bond acceptors (Lipinski definition) is 4. The average Bonchev–Trinajstić information content (AvgIpc) is 3.36. The molecule has 1 amide bonds. The van der Waals surface area contributed by atoms with Crippen LogP contribution in [0.1, 0.15) is 47.0 Å². The SMILES string of the molecule is Cc1nn(Cc2ccc(C(=O)N3CCCN(CC4CC4)CC3)o2)c(C)c1Cl. The van der Waals surface area contributed by atoms with Crippen molar-refractivity contribution in [2.75, 3.05) is 32.7 Å². The normalized spacial score (nSPS) is 18.7. The second kappa shape index (κ2) is 7.68. The third kappa shape index (κ3) is 4.22. The maximum Gasteiger partial charge on any atom is 0.289 e. The van der Waals surface area contributed by atoms with Gasteiger partial charge in [0.05, 0.1) is 23.0 Å². The largest absolute Gasteiger partial charge is 0.454 e. The molecule has 1 aliphatic carbocycles. The molecule has 1 aliphatic heterocycles. The number of nitrogens with zero attached hydrogens (tertiary/aromatic N) is 4. The van der Waals surface area contributed by atoms with Crippen molar-refractivity contribution < 1.29 is 9.21 Å². The van der Waals surface area contributed by atoms with Gasteiger partial charge in [0.25, 0.3) is 5.91 Å². The Morgan fingerprint density at radius 2 is 2.04 bits per heavy atom. The van der Waals surface area contributed by atoms with Crippen LogP contribution in [0.15, 0.2) is 16.5 Å². The van der Waals surface area contributed by atoms with Gasteiger partial charge in [0, 0.05) is 26.2 Å². The number of carbonyl (C=O) groups excluding carboxylic acids is 1. The molecule has 4 rings (SSSR count). The van der Waals surface area contributed by atoms with Crippen molar-refractivity contribution in [1.82, 2.24) is 19.6 Å². The van der Waals surface area contributed by atoms with E-state index in [4.69, 9.17) is 16.0 Å². The molecule has 0 aromatic carbocycles. The number of rotatable bonds is 5. The van der Waals surface area contributed by atoms with Crippen LogP contribution in [0.2, 0.25) is 5.02 Å². The molecule has 0 N–H and O–H groups in total. The van der Waals surface area contributed by atoms with E-state index in [1.807, 2.05) is 29.5 Å². The monoisotopic (exact) mass is 390 g/mol. The predicted octanol–water partition coefficient (Wildman–Crippen LogP) is 3.35. The minimum absolute atomic E-state index is 0.0130. The molecule has 7 heteroatoms. The Morgan fingerprint density at radius 3 is 2.74 bits per heavy atom. The lowest BCUT2D eigenvalue weighted by Gasteiger charge is -2.21. The summed E-state index contributed by atoms with van der Waals surface area (Å²) in [6.07, 6.45) is 3.76. The van der Waals surface area contributed by atoms with E-state index in [1.165, 1.54) is 19.4 Å². The molecule has 0 unspecified atom stereocenters. The van der Waals surface area contributed by atoms with E-state index in [0.717, 1.165) is 49.9 Å². The Balaban J connectivity index is 1.38. The van der Waals surface area contributed by atoms with Crippen molar-refractivity contribution in [2.24, 2.45) is 5.92 Å². The van der Waals surface area contributed by atoms with Gasteiger partial charge in [-0.2, -0.15) is 5.10 Å². The second-order valence-electron chi connectivity index (χ2n) is 7.80. The lowest BCUT2D eigenvalue weighted by Crippen LogP contribution is -2.35. The van der Waals surface area contributed by atoms with Gasteiger partial charge in [-0.15, -0.1) is 0 Å². The van der Waals surface area contributed by atoms with Crippen LogP contribution in [-0.2, 0) is 6.54 Å². The first kappa shape index (κ1) is 18.6. The molecule has 0 bridgehead atoms. The van der Waals surface area contributed by atoms with Crippen molar-refractivity contribution >= 4 is 17.5 Å². The quantitative estimate of drug-likeness (QED) is 0.785. The Kier molecular flexibility index (Phi) is 5.28. The fraction of sp³-hybridized carbons (Fsp3) is 0.600. The standard InChI is InChI=1S/C20H27ClN4O2/c1-14-19(21)15(2)25(22-14)13-17-6-7-18(27-17)20(26)24-9-3-8-23(10-11-24)12-16-4-5-16/h6-7,16H,3-5,8-13H2,1-2H3. The maximum atomic E-state index is 12.9. The van der Waals surface area contributed by atoms with E-state index >= 15 is 0 Å². The summed E-state index contributed by atoms with van der Waals surface area (Å²) in [5, 5.41) is 5.10. The summed E-state index contributed by atoms with van der Waals surface area (Å²) in [6.45, 7) is 9.09. The molecule has 27 heavy (non-hydrogen) atoms. The van der Waals surface area contributed by atoms with Crippen LogP contribution < -0.4 is 0 Å². The molecule has 2 aliphatic rings. The van der Waals surface area contributed by atoms with Crippen LogP contribution in [0, 0.1) is 19.8 Å². The van der Waals surface area contributed by atoms with E-state index in [-0.39, 0.29) is 5.91 Å². The summed E-state index contributed by atoms with van der Waals surface area (Å²) in [5.41, 5.74) is 1.71. The number of amides is 1. The van der Waals surface area contributed by atoms with Gasteiger partial charge in [0.1, 0.15) is 5.76 Å². The first-order valence-electron chi connectivity index (χ1n) is 9.81. The summed E-state index contributed by atoms with van der Waals surface area (Å²) in [4.78, 5) is 17.3. The Morgan fingerprint density at radius 1 is 1.22 bits per heavy atom. The minimum atomic E-state index is -0.0130. The fourth-order valence-corrected chi connectivity index (χ4v) is 3.87. The van der Waals surface area contributed by atoms with Crippen LogP contribution in [0.4, 0.5) is 0 Å². The van der Waals surface area contributed by atoms with Crippen LogP contribution in [0.3, 0.4) is 0 Å². The van der Waals surface area contributed by atoms with Gasteiger partial charge in [0.2, 0.25) is 0 Å². The van der Waals surface area contributed by atoms with E-state index in [0.29, 0.717) is 23.1 Å². The van der Waals surface area contributed by atoms with Gasteiger partial charge >= 0.3 is 0 Å². The molecule has 146 valence electrons. The van der Waals surface area contributed by atoms with E-state index < -0.39 is 0 Å². The van der Waals surface area contributed by atoms with Crippen molar-refractivity contribution in [3.05, 3.63) is 40.1 Å². The molecular weight excluding hydrogens is 364 g/mol. The lowest BCUT2D eigenvalue weighted by atomic mass is 10.3. The number of carbonyl (C=O) groups is 1. The Hall–Kier alpha value is -1.79. The van der Waals surface area contributed by atoms with Crippen molar-refractivity contribution in [2.45, 2.75) is 39.7 Å². The zero-order chi connectivity index (χ0) is 19.0. The summed E-state index contributed by atoms with van der Waals surface area (Å²) >= 11 is 6.21. The number of aryl methyl sites for hydroxylation is 1. The Bertz CT molecular complexity index is 824. The lowest BCUT2D eigenvalue weighted by molar-refractivity contribution is 0.0727. The third-order valence-corrected chi connectivity index (χ3v) is 6.11.